The molecule has 0 bridgehead atoms. The minimum absolute atomic E-state index is 0.0151. The molecule has 4 heteroatoms. The number of carbonyl (C=O) groups is 2. The number of rotatable bonds is 5. The van der Waals surface area contributed by atoms with Crippen LogP contribution in [0.5, 0.6) is 0 Å². The van der Waals surface area contributed by atoms with Gasteiger partial charge in [-0.1, -0.05) is 33.6 Å². The van der Waals surface area contributed by atoms with Gasteiger partial charge in [0, 0.05) is 6.54 Å². The monoisotopic (exact) mass is 257 g/mol. The molecule has 0 atom stereocenters. The fourth-order valence-electron chi connectivity index (χ4n) is 2.19. The Morgan fingerprint density at radius 2 is 1.89 bits per heavy atom. The zero-order chi connectivity index (χ0) is 14.0. The van der Waals surface area contributed by atoms with E-state index in [1.54, 1.807) is 0 Å². The second kappa shape index (κ2) is 9.92. The van der Waals surface area contributed by atoms with E-state index in [1.165, 1.54) is 25.7 Å². The highest BCUT2D eigenvalue weighted by molar-refractivity contribution is 5.67. The minimum atomic E-state index is -0.903. The number of carboxylic acids is 1. The topological polar surface area (TPSA) is 66.4 Å². The van der Waals surface area contributed by atoms with Crippen LogP contribution in [-0.4, -0.2) is 24.0 Å². The van der Waals surface area contributed by atoms with Gasteiger partial charge in [-0.2, -0.15) is 0 Å². The summed E-state index contributed by atoms with van der Waals surface area (Å²) in [6.07, 6.45) is 6.38. The lowest BCUT2D eigenvalue weighted by molar-refractivity contribution is -0.136. The number of hydrogen-bond donors (Lipinski definition) is 2. The van der Waals surface area contributed by atoms with Crippen molar-refractivity contribution in [2.45, 2.75) is 52.9 Å². The Morgan fingerprint density at radius 3 is 2.28 bits per heavy atom. The molecule has 0 spiro atoms. The van der Waals surface area contributed by atoms with Gasteiger partial charge in [0.1, 0.15) is 0 Å². The van der Waals surface area contributed by atoms with Crippen LogP contribution in [0.1, 0.15) is 52.9 Å². The van der Waals surface area contributed by atoms with E-state index >= 15 is 0 Å². The molecule has 18 heavy (non-hydrogen) atoms. The standard InChI is InChI=1S/C10H20.C4H7NO3/c1-8(2)10-6-4-9(3)5-7-10;6-3-5-2-1-4(7)8/h8-10H,4-7H2,1-3H3;3H,1-2H2,(H,5,6)(H,7,8). The third-order valence-electron chi connectivity index (χ3n) is 3.57. The fraction of sp³-hybridized carbons (Fsp3) is 0.857. The molecule has 1 rings (SSSR count). The van der Waals surface area contributed by atoms with Crippen LogP contribution in [0.4, 0.5) is 0 Å². The van der Waals surface area contributed by atoms with Crippen molar-refractivity contribution in [2.75, 3.05) is 6.54 Å². The number of hydrogen-bond acceptors (Lipinski definition) is 2. The molecule has 4 nitrogen and oxygen atoms in total. The molecule has 2 N–H and O–H groups in total. The molecule has 0 aromatic carbocycles. The van der Waals surface area contributed by atoms with Crippen molar-refractivity contribution in [1.82, 2.24) is 5.32 Å². The number of aliphatic carboxylic acids is 1. The molecule has 1 saturated carbocycles. The summed E-state index contributed by atoms with van der Waals surface area (Å²) in [6.45, 7) is 7.32. The summed E-state index contributed by atoms with van der Waals surface area (Å²) < 4.78 is 0. The maximum absolute atomic E-state index is 9.72. The first-order valence-electron chi connectivity index (χ1n) is 6.86. The van der Waals surface area contributed by atoms with E-state index in [-0.39, 0.29) is 13.0 Å². The maximum atomic E-state index is 9.72. The van der Waals surface area contributed by atoms with Crippen LogP contribution in [0.25, 0.3) is 0 Å². The van der Waals surface area contributed by atoms with E-state index in [0.717, 1.165) is 17.8 Å². The van der Waals surface area contributed by atoms with Crippen LogP contribution >= 0.6 is 0 Å². The number of nitrogens with one attached hydrogen (secondary N) is 1. The van der Waals surface area contributed by atoms with Gasteiger partial charge in [0.05, 0.1) is 6.42 Å². The van der Waals surface area contributed by atoms with Gasteiger partial charge in [0.2, 0.25) is 6.41 Å². The summed E-state index contributed by atoms with van der Waals surface area (Å²) in [5, 5.41) is 10.2. The van der Waals surface area contributed by atoms with E-state index in [4.69, 9.17) is 5.11 Å². The maximum Gasteiger partial charge on any atom is 0.305 e. The first-order valence-corrected chi connectivity index (χ1v) is 6.86. The van der Waals surface area contributed by atoms with E-state index < -0.39 is 5.97 Å². The molecule has 1 aliphatic rings. The first kappa shape index (κ1) is 16.9. The van der Waals surface area contributed by atoms with Gasteiger partial charge in [-0.05, 0) is 30.6 Å². The average Bonchev–Trinajstić information content (AvgIpc) is 2.30. The molecule has 1 amide bonds. The SMILES string of the molecule is CC1CCC(C(C)C)CC1.O=CNCCC(=O)O. The van der Waals surface area contributed by atoms with Gasteiger partial charge in [-0.15, -0.1) is 0 Å². The lowest BCUT2D eigenvalue weighted by Crippen LogP contribution is -2.16. The number of amides is 1. The zero-order valence-electron chi connectivity index (χ0n) is 11.8. The predicted octanol–water partition coefficient (Wildman–Crippen LogP) is 2.68. The molecule has 106 valence electrons. The van der Waals surface area contributed by atoms with E-state index in [9.17, 15) is 9.59 Å². The van der Waals surface area contributed by atoms with Crippen molar-refractivity contribution < 1.29 is 14.7 Å². The molecule has 0 radical (unpaired) electrons. The average molecular weight is 257 g/mol. The van der Waals surface area contributed by atoms with Crippen molar-refractivity contribution in [1.29, 1.82) is 0 Å². The van der Waals surface area contributed by atoms with Gasteiger partial charge < -0.3 is 10.4 Å². The number of carboxylic acid groups (broad SMARTS) is 1. The van der Waals surface area contributed by atoms with Gasteiger partial charge in [-0.3, -0.25) is 9.59 Å². The van der Waals surface area contributed by atoms with Crippen LogP contribution < -0.4 is 5.32 Å². The summed E-state index contributed by atoms with van der Waals surface area (Å²) in [4.78, 5) is 19.2. The summed E-state index contributed by atoms with van der Waals surface area (Å²) >= 11 is 0. The Morgan fingerprint density at radius 1 is 1.33 bits per heavy atom. The smallest absolute Gasteiger partial charge is 0.305 e. The van der Waals surface area contributed by atoms with E-state index in [1.807, 2.05) is 0 Å². The summed E-state index contributed by atoms with van der Waals surface area (Å²) in [7, 11) is 0. The summed E-state index contributed by atoms with van der Waals surface area (Å²) in [5.41, 5.74) is 0. The zero-order valence-corrected chi connectivity index (χ0v) is 11.8. The van der Waals surface area contributed by atoms with Crippen molar-refractivity contribution in [2.24, 2.45) is 17.8 Å². The van der Waals surface area contributed by atoms with Gasteiger partial charge in [0.25, 0.3) is 0 Å². The molecule has 0 aromatic rings. The fourth-order valence-corrected chi connectivity index (χ4v) is 2.19. The van der Waals surface area contributed by atoms with Crippen molar-refractivity contribution in [3.63, 3.8) is 0 Å². The van der Waals surface area contributed by atoms with Crippen LogP contribution in [-0.2, 0) is 9.59 Å². The molecule has 0 unspecified atom stereocenters. The van der Waals surface area contributed by atoms with Gasteiger partial charge in [-0.25, -0.2) is 0 Å². The lowest BCUT2D eigenvalue weighted by Gasteiger charge is -2.28. The molecular formula is C14H27NO3. The Hall–Kier alpha value is -1.06. The third-order valence-corrected chi connectivity index (χ3v) is 3.57. The molecule has 1 fully saturated rings. The third kappa shape index (κ3) is 9.02. The van der Waals surface area contributed by atoms with Crippen LogP contribution in [0.2, 0.25) is 0 Å². The highest BCUT2D eigenvalue weighted by atomic mass is 16.4. The molecule has 1 aliphatic carbocycles. The Labute approximate surface area is 110 Å². The van der Waals surface area contributed by atoms with Crippen molar-refractivity contribution in [3.05, 3.63) is 0 Å². The van der Waals surface area contributed by atoms with E-state index in [0.29, 0.717) is 6.41 Å². The van der Waals surface area contributed by atoms with E-state index in [2.05, 4.69) is 26.1 Å². The van der Waals surface area contributed by atoms with Gasteiger partial charge >= 0.3 is 5.97 Å². The molecule has 0 saturated heterocycles. The Kier molecular flexibility index (Phi) is 9.33. The van der Waals surface area contributed by atoms with Crippen LogP contribution in [0.15, 0.2) is 0 Å². The highest BCUT2D eigenvalue weighted by Crippen LogP contribution is 2.32. The van der Waals surface area contributed by atoms with Crippen molar-refractivity contribution in [3.8, 4) is 0 Å². The molecule has 0 heterocycles. The molecular weight excluding hydrogens is 230 g/mol. The Bertz CT molecular complexity index is 233. The predicted molar refractivity (Wildman–Crippen MR) is 72.3 cm³/mol. The minimum Gasteiger partial charge on any atom is -0.481 e. The molecule has 0 aliphatic heterocycles. The largest absolute Gasteiger partial charge is 0.481 e. The highest BCUT2D eigenvalue weighted by Gasteiger charge is 2.19. The second-order valence-corrected chi connectivity index (χ2v) is 5.48. The van der Waals surface area contributed by atoms with Crippen LogP contribution in [0.3, 0.4) is 0 Å². The van der Waals surface area contributed by atoms with Gasteiger partial charge in [0.15, 0.2) is 0 Å². The Balaban J connectivity index is 0.000000331. The lowest BCUT2D eigenvalue weighted by atomic mass is 9.78. The second-order valence-electron chi connectivity index (χ2n) is 5.48. The quantitative estimate of drug-likeness (QED) is 0.588. The number of carbonyl (C=O) groups excluding carboxylic acids is 1. The van der Waals surface area contributed by atoms with Crippen LogP contribution in [0, 0.1) is 17.8 Å². The molecule has 0 aromatic heterocycles. The summed E-state index contributed by atoms with van der Waals surface area (Å²) in [5.74, 6) is 2.07. The first-order chi connectivity index (χ1) is 8.47. The normalized spacial score (nSPS) is 22.9. The summed E-state index contributed by atoms with van der Waals surface area (Å²) in [6, 6.07) is 0. The van der Waals surface area contributed by atoms with Crippen molar-refractivity contribution >= 4 is 12.4 Å².